The molecular formula is C18H24N2O2S. The highest BCUT2D eigenvalue weighted by Crippen LogP contribution is 2.51. The van der Waals surface area contributed by atoms with Crippen LogP contribution >= 0.6 is 11.8 Å². The lowest BCUT2D eigenvalue weighted by molar-refractivity contribution is -0.138. The molecule has 0 N–H and O–H groups in total. The predicted octanol–water partition coefficient (Wildman–Crippen LogP) is 2.51. The Morgan fingerprint density at radius 3 is 2.96 bits per heavy atom. The summed E-state index contributed by atoms with van der Waals surface area (Å²) >= 11 is 1.89. The molecule has 3 aliphatic heterocycles. The second kappa shape index (κ2) is 6.11. The molecule has 0 aliphatic carbocycles. The molecule has 3 saturated heterocycles. The molecule has 23 heavy (non-hydrogen) atoms. The Morgan fingerprint density at radius 1 is 1.35 bits per heavy atom. The van der Waals surface area contributed by atoms with E-state index in [1.54, 1.807) is 0 Å². The first-order valence-corrected chi connectivity index (χ1v) is 9.90. The highest BCUT2D eigenvalue weighted by Gasteiger charge is 2.64. The third-order valence-electron chi connectivity index (χ3n) is 5.54. The Balaban J connectivity index is 1.56. The van der Waals surface area contributed by atoms with E-state index in [0.717, 1.165) is 19.5 Å². The van der Waals surface area contributed by atoms with Gasteiger partial charge in [-0.3, -0.25) is 9.69 Å². The molecule has 4 rings (SSSR count). The van der Waals surface area contributed by atoms with Crippen molar-refractivity contribution >= 4 is 17.7 Å². The number of rotatable bonds is 5. The van der Waals surface area contributed by atoms with Crippen LogP contribution in [0.25, 0.3) is 0 Å². The van der Waals surface area contributed by atoms with Crippen molar-refractivity contribution < 1.29 is 9.53 Å². The zero-order valence-corrected chi connectivity index (χ0v) is 14.4. The highest BCUT2D eigenvalue weighted by molar-refractivity contribution is 7.98. The van der Waals surface area contributed by atoms with Gasteiger partial charge in [-0.15, -0.1) is 0 Å². The number of benzene rings is 1. The van der Waals surface area contributed by atoms with E-state index in [2.05, 4.69) is 28.2 Å². The topological polar surface area (TPSA) is 32.8 Å². The average molecular weight is 332 g/mol. The molecule has 0 aromatic heterocycles. The maximum atomic E-state index is 12.7. The number of thioether (sulfide) groups is 1. The van der Waals surface area contributed by atoms with Gasteiger partial charge in [0.05, 0.1) is 18.7 Å². The van der Waals surface area contributed by atoms with Crippen molar-refractivity contribution in [2.24, 2.45) is 0 Å². The van der Waals surface area contributed by atoms with Gasteiger partial charge in [0.25, 0.3) is 0 Å². The molecule has 3 fully saturated rings. The Labute approximate surface area is 142 Å². The Bertz CT molecular complexity index is 582. The molecule has 124 valence electrons. The molecular weight excluding hydrogens is 308 g/mol. The molecule has 1 aromatic carbocycles. The highest BCUT2D eigenvalue weighted by atomic mass is 32.2. The Morgan fingerprint density at radius 2 is 2.17 bits per heavy atom. The van der Waals surface area contributed by atoms with Crippen LogP contribution in [0.3, 0.4) is 0 Å². The molecule has 0 bridgehead atoms. The SMILES string of the molecule is CSCCCN1CC[C@@]23OC[C@@H](c4ccccc4)N2C(=O)C[C@@H]13. The van der Waals surface area contributed by atoms with Gasteiger partial charge in [-0.05, 0) is 30.5 Å². The van der Waals surface area contributed by atoms with Crippen LogP contribution in [0.1, 0.15) is 30.9 Å². The minimum Gasteiger partial charge on any atom is -0.351 e. The smallest absolute Gasteiger partial charge is 0.227 e. The molecule has 4 nitrogen and oxygen atoms in total. The van der Waals surface area contributed by atoms with Crippen molar-refractivity contribution in [3.63, 3.8) is 0 Å². The van der Waals surface area contributed by atoms with E-state index in [1.165, 1.54) is 17.7 Å². The molecule has 0 unspecified atom stereocenters. The van der Waals surface area contributed by atoms with E-state index in [0.29, 0.717) is 13.0 Å². The van der Waals surface area contributed by atoms with Crippen LogP contribution in [-0.2, 0) is 9.53 Å². The monoisotopic (exact) mass is 332 g/mol. The first kappa shape index (κ1) is 15.5. The molecule has 3 atom stereocenters. The van der Waals surface area contributed by atoms with E-state index in [1.807, 2.05) is 30.0 Å². The standard InChI is InChI=1S/C18H24N2O2S/c1-23-11-5-9-19-10-8-18-16(19)12-17(21)20(18)15(13-22-18)14-6-3-2-4-7-14/h2-4,6-7,15-16H,5,8-13H2,1H3/t15-,16+,18-/m0/s1. The fourth-order valence-corrected chi connectivity index (χ4v) is 4.95. The van der Waals surface area contributed by atoms with Gasteiger partial charge in [0.1, 0.15) is 0 Å². The van der Waals surface area contributed by atoms with Crippen molar-refractivity contribution in [2.75, 3.05) is 31.7 Å². The van der Waals surface area contributed by atoms with E-state index in [9.17, 15) is 4.79 Å². The average Bonchev–Trinajstić information content (AvgIpc) is 3.19. The lowest BCUT2D eigenvalue weighted by Crippen LogP contribution is -2.48. The summed E-state index contributed by atoms with van der Waals surface area (Å²) in [7, 11) is 0. The van der Waals surface area contributed by atoms with Crippen LogP contribution in [0.2, 0.25) is 0 Å². The first-order chi connectivity index (χ1) is 11.3. The third kappa shape index (κ3) is 2.41. The van der Waals surface area contributed by atoms with E-state index < -0.39 is 0 Å². The molecule has 0 saturated carbocycles. The fraction of sp³-hybridized carbons (Fsp3) is 0.611. The van der Waals surface area contributed by atoms with Gasteiger partial charge >= 0.3 is 0 Å². The maximum absolute atomic E-state index is 12.7. The van der Waals surface area contributed by atoms with Gasteiger partial charge in [-0.1, -0.05) is 30.3 Å². The summed E-state index contributed by atoms with van der Waals surface area (Å²) in [6, 6.07) is 10.7. The van der Waals surface area contributed by atoms with Crippen LogP contribution in [0.5, 0.6) is 0 Å². The predicted molar refractivity (Wildman–Crippen MR) is 92.3 cm³/mol. The molecule has 5 heteroatoms. The number of nitrogens with zero attached hydrogens (tertiary/aromatic N) is 2. The van der Waals surface area contributed by atoms with Gasteiger partial charge in [0, 0.05) is 19.4 Å². The minimum atomic E-state index is -0.364. The van der Waals surface area contributed by atoms with Crippen molar-refractivity contribution in [3.8, 4) is 0 Å². The largest absolute Gasteiger partial charge is 0.351 e. The summed E-state index contributed by atoms with van der Waals surface area (Å²) in [6.45, 7) is 2.75. The summed E-state index contributed by atoms with van der Waals surface area (Å²) in [5.41, 5.74) is 0.830. The van der Waals surface area contributed by atoms with Gasteiger partial charge < -0.3 is 9.64 Å². The second-order valence-corrected chi connectivity index (χ2v) is 7.68. The van der Waals surface area contributed by atoms with Crippen LogP contribution in [-0.4, -0.2) is 59.2 Å². The summed E-state index contributed by atoms with van der Waals surface area (Å²) in [5.74, 6) is 1.44. The fourth-order valence-electron chi connectivity index (χ4n) is 4.53. The normalized spacial score (nSPS) is 33.3. The minimum absolute atomic E-state index is 0.0832. The number of ether oxygens (including phenoxy) is 1. The van der Waals surface area contributed by atoms with Crippen LogP contribution in [0.15, 0.2) is 30.3 Å². The molecule has 3 aliphatic rings. The molecule has 1 aromatic rings. The molecule has 3 heterocycles. The second-order valence-electron chi connectivity index (χ2n) is 6.70. The number of carbonyl (C=O) groups is 1. The first-order valence-electron chi connectivity index (χ1n) is 8.50. The van der Waals surface area contributed by atoms with Crippen molar-refractivity contribution in [1.29, 1.82) is 0 Å². The van der Waals surface area contributed by atoms with Gasteiger partial charge in [-0.2, -0.15) is 11.8 Å². The van der Waals surface area contributed by atoms with Crippen LogP contribution < -0.4 is 0 Å². The van der Waals surface area contributed by atoms with Gasteiger partial charge in [-0.25, -0.2) is 0 Å². The van der Waals surface area contributed by atoms with Gasteiger partial charge in [0.15, 0.2) is 5.72 Å². The molecule has 1 spiro atoms. The quantitative estimate of drug-likeness (QED) is 0.776. The summed E-state index contributed by atoms with van der Waals surface area (Å²) in [6.07, 6.45) is 4.90. The number of carbonyl (C=O) groups excluding carboxylic acids is 1. The number of hydrogen-bond acceptors (Lipinski definition) is 4. The lowest BCUT2D eigenvalue weighted by Gasteiger charge is -2.33. The van der Waals surface area contributed by atoms with Crippen LogP contribution in [0, 0.1) is 0 Å². The van der Waals surface area contributed by atoms with Crippen molar-refractivity contribution in [1.82, 2.24) is 9.80 Å². The third-order valence-corrected chi connectivity index (χ3v) is 6.24. The van der Waals surface area contributed by atoms with Crippen LogP contribution in [0.4, 0.5) is 0 Å². The Hall–Kier alpha value is -1.04. The van der Waals surface area contributed by atoms with E-state index >= 15 is 0 Å². The zero-order chi connectivity index (χ0) is 15.9. The summed E-state index contributed by atoms with van der Waals surface area (Å²) < 4.78 is 6.32. The summed E-state index contributed by atoms with van der Waals surface area (Å²) in [4.78, 5) is 17.3. The maximum Gasteiger partial charge on any atom is 0.227 e. The number of amides is 1. The lowest BCUT2D eigenvalue weighted by atomic mass is 10.0. The van der Waals surface area contributed by atoms with Crippen molar-refractivity contribution in [2.45, 2.75) is 37.1 Å². The number of likely N-dealkylation sites (tertiary alicyclic amines) is 1. The van der Waals surface area contributed by atoms with E-state index in [4.69, 9.17) is 4.74 Å². The molecule has 1 amide bonds. The van der Waals surface area contributed by atoms with Gasteiger partial charge in [0.2, 0.25) is 5.91 Å². The summed E-state index contributed by atoms with van der Waals surface area (Å²) in [5, 5.41) is 0. The zero-order valence-electron chi connectivity index (χ0n) is 13.6. The van der Waals surface area contributed by atoms with Crippen molar-refractivity contribution in [3.05, 3.63) is 35.9 Å². The van der Waals surface area contributed by atoms with E-state index in [-0.39, 0.29) is 23.7 Å². The molecule has 0 radical (unpaired) electrons. The number of hydrogen-bond donors (Lipinski definition) is 0. The Kier molecular flexibility index (Phi) is 4.12.